The summed E-state index contributed by atoms with van der Waals surface area (Å²) in [4.78, 5) is 51.3. The van der Waals surface area contributed by atoms with E-state index in [2.05, 4.69) is 13.2 Å². The number of rotatable bonds is 7. The number of fused-ring (bicyclic) bond motifs is 1. The average Bonchev–Trinajstić information content (AvgIpc) is 3.16. The molecule has 36 heavy (non-hydrogen) atoms. The summed E-state index contributed by atoms with van der Waals surface area (Å²) in [5, 5.41) is 20.5. The third-order valence-electron chi connectivity index (χ3n) is 6.48. The molecular formula is C26H34O10. The highest BCUT2D eigenvalue weighted by Gasteiger charge is 2.54. The Morgan fingerprint density at radius 2 is 1.94 bits per heavy atom. The summed E-state index contributed by atoms with van der Waals surface area (Å²) in [6.07, 6.45) is -2.06. The van der Waals surface area contributed by atoms with Gasteiger partial charge >= 0.3 is 23.9 Å². The van der Waals surface area contributed by atoms with Crippen molar-refractivity contribution in [3.63, 3.8) is 0 Å². The van der Waals surface area contributed by atoms with Gasteiger partial charge in [-0.15, -0.1) is 0 Å². The van der Waals surface area contributed by atoms with Crippen molar-refractivity contribution in [1.29, 1.82) is 0 Å². The Kier molecular flexibility index (Phi) is 10.2. The quantitative estimate of drug-likeness (QED) is 0.226. The zero-order valence-corrected chi connectivity index (χ0v) is 21.0. The summed E-state index contributed by atoms with van der Waals surface area (Å²) in [5.41, 5.74) is -0.0595. The average molecular weight is 507 g/mol. The first kappa shape index (κ1) is 29.0. The van der Waals surface area contributed by atoms with Crippen LogP contribution in [0.25, 0.3) is 0 Å². The molecule has 1 fully saturated rings. The lowest BCUT2D eigenvalue weighted by Crippen LogP contribution is -2.50. The van der Waals surface area contributed by atoms with Crippen molar-refractivity contribution in [2.75, 3.05) is 13.7 Å². The van der Waals surface area contributed by atoms with Gasteiger partial charge in [0, 0.05) is 5.57 Å². The first-order valence-electron chi connectivity index (χ1n) is 11.7. The summed E-state index contributed by atoms with van der Waals surface area (Å²) < 4.78 is 21.8. The summed E-state index contributed by atoms with van der Waals surface area (Å²) in [6.45, 7) is 11.9. The normalized spacial score (nSPS) is 27.8. The van der Waals surface area contributed by atoms with Gasteiger partial charge in [-0.25, -0.2) is 14.4 Å². The molecule has 0 aromatic rings. The molecular weight excluding hydrogens is 472 g/mol. The minimum Gasteiger partial charge on any atom is -0.466 e. The van der Waals surface area contributed by atoms with Crippen LogP contribution in [0.5, 0.6) is 0 Å². The third kappa shape index (κ3) is 6.11. The molecule has 0 bridgehead atoms. The molecule has 0 radical (unpaired) electrons. The second-order valence-electron chi connectivity index (χ2n) is 8.72. The Morgan fingerprint density at radius 3 is 2.50 bits per heavy atom. The molecule has 6 atom stereocenters. The Morgan fingerprint density at radius 1 is 1.28 bits per heavy atom. The van der Waals surface area contributed by atoms with E-state index in [1.807, 2.05) is 0 Å². The van der Waals surface area contributed by atoms with Crippen molar-refractivity contribution in [3.05, 3.63) is 47.6 Å². The molecule has 0 saturated carbocycles. The molecule has 1 saturated heterocycles. The topological polar surface area (TPSA) is 146 Å². The maximum atomic E-state index is 13.0. The molecule has 10 nitrogen and oxygen atoms in total. The van der Waals surface area contributed by atoms with Gasteiger partial charge in [-0.2, -0.15) is 0 Å². The zero-order valence-electron chi connectivity index (χ0n) is 21.0. The van der Waals surface area contributed by atoms with Crippen LogP contribution >= 0.6 is 0 Å². The fraction of sp³-hybridized carbons (Fsp3) is 0.538. The van der Waals surface area contributed by atoms with Crippen LogP contribution in [0.4, 0.5) is 0 Å². The second kappa shape index (κ2) is 12.6. The van der Waals surface area contributed by atoms with Crippen molar-refractivity contribution in [2.45, 2.75) is 64.4 Å². The minimum absolute atomic E-state index is 0.111. The Balaban J connectivity index is 2.78. The number of carbonyl (C=O) groups excluding carboxylic acids is 4. The van der Waals surface area contributed by atoms with Gasteiger partial charge in [0.05, 0.1) is 36.7 Å². The molecule has 1 heterocycles. The van der Waals surface area contributed by atoms with Crippen LogP contribution in [-0.4, -0.2) is 72.2 Å². The number of methoxy groups -OCH3 is 1. The number of hydrogen-bond acceptors (Lipinski definition) is 10. The Labute approximate surface area is 210 Å². The van der Waals surface area contributed by atoms with Gasteiger partial charge in [0.25, 0.3) is 0 Å². The van der Waals surface area contributed by atoms with Crippen molar-refractivity contribution in [2.24, 2.45) is 11.8 Å². The molecule has 2 N–H and O–H groups in total. The number of ether oxygens (including phenoxy) is 4. The molecule has 1 aliphatic heterocycles. The number of carbonyl (C=O) groups is 4. The van der Waals surface area contributed by atoms with Gasteiger partial charge in [-0.1, -0.05) is 39.2 Å². The monoisotopic (exact) mass is 506 g/mol. The maximum absolute atomic E-state index is 13.0. The summed E-state index contributed by atoms with van der Waals surface area (Å²) >= 11 is 0. The van der Waals surface area contributed by atoms with Crippen LogP contribution in [-0.2, 0) is 38.1 Å². The lowest BCUT2D eigenvalue weighted by Gasteiger charge is -2.36. The van der Waals surface area contributed by atoms with Gasteiger partial charge in [-0.3, -0.25) is 4.79 Å². The minimum atomic E-state index is -1.54. The molecule has 2 aliphatic rings. The summed E-state index contributed by atoms with van der Waals surface area (Å²) in [6, 6.07) is 0. The number of hydrogen-bond donors (Lipinski definition) is 2. The largest absolute Gasteiger partial charge is 0.466 e. The lowest BCUT2D eigenvalue weighted by atomic mass is 9.80. The lowest BCUT2D eigenvalue weighted by molar-refractivity contribution is -0.174. The fourth-order valence-electron chi connectivity index (χ4n) is 3.99. The third-order valence-corrected chi connectivity index (χ3v) is 6.48. The first-order chi connectivity index (χ1) is 17.0. The molecule has 6 unspecified atom stereocenters. The van der Waals surface area contributed by atoms with Crippen molar-refractivity contribution in [1.82, 2.24) is 0 Å². The van der Waals surface area contributed by atoms with Crippen molar-refractivity contribution >= 4 is 23.9 Å². The number of allylic oxidation sites excluding steroid dienone is 2. The highest BCUT2D eigenvalue weighted by molar-refractivity contribution is 5.93. The Bertz CT molecular complexity index is 975. The van der Waals surface area contributed by atoms with E-state index in [-0.39, 0.29) is 29.6 Å². The molecule has 0 amide bonds. The molecule has 1 aliphatic carbocycles. The van der Waals surface area contributed by atoms with Crippen LogP contribution in [0.15, 0.2) is 47.6 Å². The summed E-state index contributed by atoms with van der Waals surface area (Å²) in [5.74, 6) is -5.13. The van der Waals surface area contributed by atoms with E-state index in [9.17, 15) is 29.4 Å². The molecule has 2 rings (SSSR count). The van der Waals surface area contributed by atoms with E-state index in [0.29, 0.717) is 12.0 Å². The van der Waals surface area contributed by atoms with Crippen LogP contribution in [0.1, 0.15) is 40.0 Å². The van der Waals surface area contributed by atoms with Gasteiger partial charge in [-0.05, 0) is 31.8 Å². The highest BCUT2D eigenvalue weighted by Crippen LogP contribution is 2.40. The predicted octanol–water partition coefficient (Wildman–Crippen LogP) is 1.70. The fourth-order valence-corrected chi connectivity index (χ4v) is 3.99. The van der Waals surface area contributed by atoms with E-state index in [1.54, 1.807) is 13.8 Å². The second-order valence-corrected chi connectivity index (χ2v) is 8.72. The molecule has 0 aromatic carbocycles. The molecule has 10 heteroatoms. The van der Waals surface area contributed by atoms with Gasteiger partial charge in [0.2, 0.25) is 0 Å². The van der Waals surface area contributed by atoms with Crippen LogP contribution in [0.2, 0.25) is 0 Å². The van der Waals surface area contributed by atoms with Gasteiger partial charge in [0.1, 0.15) is 12.2 Å². The van der Waals surface area contributed by atoms with Crippen LogP contribution in [0, 0.1) is 11.8 Å². The summed E-state index contributed by atoms with van der Waals surface area (Å²) in [7, 11) is 1.15. The van der Waals surface area contributed by atoms with E-state index >= 15 is 0 Å². The van der Waals surface area contributed by atoms with E-state index in [4.69, 9.17) is 18.9 Å². The maximum Gasteiger partial charge on any atom is 0.337 e. The number of aliphatic hydroxyl groups is 2. The number of esters is 4. The predicted molar refractivity (Wildman–Crippen MR) is 127 cm³/mol. The van der Waals surface area contributed by atoms with Crippen molar-refractivity contribution in [3.8, 4) is 0 Å². The van der Waals surface area contributed by atoms with Crippen LogP contribution in [0.3, 0.4) is 0 Å². The Hall–Kier alpha value is -3.24. The van der Waals surface area contributed by atoms with E-state index in [1.165, 1.54) is 19.1 Å². The standard InChI is InChI=1S/C26H34O10/c1-7-13(3)23(29)34-20-17(26(32)33-6)11-9-10-14(4)19(28)21-18(15(5)24(30)35-21)22(20)36-25(31)16(8-2)12-27/h8,11,13,18-22,27-28H,4-5,7,9-10,12H2,1-3,6H3. The first-order valence-corrected chi connectivity index (χ1v) is 11.7. The van der Waals surface area contributed by atoms with E-state index < -0.39 is 66.7 Å². The smallest absolute Gasteiger partial charge is 0.337 e. The van der Waals surface area contributed by atoms with Gasteiger partial charge in [0.15, 0.2) is 12.2 Å². The molecule has 0 spiro atoms. The zero-order chi connectivity index (χ0) is 27.2. The van der Waals surface area contributed by atoms with Crippen LogP contribution < -0.4 is 0 Å². The van der Waals surface area contributed by atoms with Crippen molar-refractivity contribution < 1.29 is 48.3 Å². The molecule has 198 valence electrons. The SMILES string of the molecule is C=C1CCC=C(C(=O)OC)C(OC(=O)C(C)CC)C(OC(=O)C(=CC)CO)C2C(=C)C(=O)OC2C1O. The van der Waals surface area contributed by atoms with Gasteiger partial charge < -0.3 is 29.2 Å². The number of aliphatic hydroxyl groups excluding tert-OH is 2. The molecule has 0 aromatic heterocycles. The highest BCUT2D eigenvalue weighted by atomic mass is 16.6. The van der Waals surface area contributed by atoms with E-state index in [0.717, 1.165) is 7.11 Å².